The molecule has 120 valence electrons. The zero-order chi connectivity index (χ0) is 16.8. The summed E-state index contributed by atoms with van der Waals surface area (Å²) in [6.45, 7) is 2.19. The number of benzene rings is 2. The molecule has 0 fully saturated rings. The van der Waals surface area contributed by atoms with Crippen molar-refractivity contribution in [1.82, 2.24) is 4.90 Å². The molecule has 4 rings (SSSR count). The lowest BCUT2D eigenvalue weighted by atomic mass is 10.1. The summed E-state index contributed by atoms with van der Waals surface area (Å²) in [7, 11) is 0. The van der Waals surface area contributed by atoms with Gasteiger partial charge in [0.25, 0.3) is 11.8 Å². The van der Waals surface area contributed by atoms with E-state index in [1.807, 2.05) is 24.3 Å². The van der Waals surface area contributed by atoms with Gasteiger partial charge in [-0.25, -0.2) is 0 Å². The zero-order valence-electron chi connectivity index (χ0n) is 13.2. The first-order valence-electron chi connectivity index (χ1n) is 7.96. The van der Waals surface area contributed by atoms with E-state index in [4.69, 9.17) is 0 Å². The summed E-state index contributed by atoms with van der Waals surface area (Å²) in [6.07, 6.45) is 0.788. The van der Waals surface area contributed by atoms with Gasteiger partial charge in [0.2, 0.25) is 5.91 Å². The summed E-state index contributed by atoms with van der Waals surface area (Å²) in [5.74, 6) is -1.03. The van der Waals surface area contributed by atoms with Crippen molar-refractivity contribution >= 4 is 23.4 Å². The Morgan fingerprint density at radius 3 is 2.21 bits per heavy atom. The normalized spacial score (nSPS) is 17.0. The first-order valence-corrected chi connectivity index (χ1v) is 7.96. The van der Waals surface area contributed by atoms with E-state index in [0.29, 0.717) is 17.7 Å². The standard InChI is InChI=1S/C19H16N2O3/c1-12(17(22)20-11-10-13-6-2-5-9-16(13)20)21-18(23)14-7-3-4-8-15(14)19(21)24/h2-9,12H,10-11H2,1H3/t12-/m1/s1. The highest BCUT2D eigenvalue weighted by atomic mass is 16.2. The number of rotatable bonds is 2. The summed E-state index contributed by atoms with van der Waals surface area (Å²) in [5.41, 5.74) is 2.71. The zero-order valence-corrected chi connectivity index (χ0v) is 13.2. The van der Waals surface area contributed by atoms with Crippen LogP contribution in [0.1, 0.15) is 33.2 Å². The molecule has 0 saturated carbocycles. The van der Waals surface area contributed by atoms with Crippen molar-refractivity contribution in [3.05, 3.63) is 65.2 Å². The molecule has 2 heterocycles. The average molecular weight is 320 g/mol. The molecule has 2 aliphatic rings. The molecule has 2 aromatic rings. The second-order valence-corrected chi connectivity index (χ2v) is 6.07. The highest BCUT2D eigenvalue weighted by Gasteiger charge is 2.42. The van der Waals surface area contributed by atoms with Crippen LogP contribution in [0.5, 0.6) is 0 Å². The quantitative estimate of drug-likeness (QED) is 0.798. The number of imide groups is 1. The van der Waals surface area contributed by atoms with Gasteiger partial charge in [0.1, 0.15) is 6.04 Å². The Morgan fingerprint density at radius 1 is 0.958 bits per heavy atom. The summed E-state index contributed by atoms with van der Waals surface area (Å²) >= 11 is 0. The number of anilines is 1. The van der Waals surface area contributed by atoms with E-state index in [2.05, 4.69) is 0 Å². The number of hydrogen-bond acceptors (Lipinski definition) is 3. The lowest BCUT2D eigenvalue weighted by molar-refractivity contribution is -0.121. The molecule has 3 amide bonds. The van der Waals surface area contributed by atoms with E-state index in [1.54, 1.807) is 36.1 Å². The Labute approximate surface area is 139 Å². The molecule has 2 aliphatic heterocycles. The summed E-state index contributed by atoms with van der Waals surface area (Å²) in [5, 5.41) is 0. The van der Waals surface area contributed by atoms with Crippen LogP contribution in [0, 0.1) is 0 Å². The van der Waals surface area contributed by atoms with Crippen molar-refractivity contribution in [1.29, 1.82) is 0 Å². The van der Waals surface area contributed by atoms with Gasteiger partial charge in [-0.3, -0.25) is 19.3 Å². The molecule has 0 spiro atoms. The minimum Gasteiger partial charge on any atom is -0.310 e. The van der Waals surface area contributed by atoms with Crippen LogP contribution >= 0.6 is 0 Å². The van der Waals surface area contributed by atoms with Crippen LogP contribution in [-0.2, 0) is 11.2 Å². The fourth-order valence-corrected chi connectivity index (χ4v) is 3.46. The topological polar surface area (TPSA) is 57.7 Å². The van der Waals surface area contributed by atoms with Crippen molar-refractivity contribution in [3.8, 4) is 0 Å². The van der Waals surface area contributed by atoms with Crippen LogP contribution in [0.4, 0.5) is 5.69 Å². The first kappa shape index (κ1) is 14.6. The Hall–Kier alpha value is -2.95. The Kier molecular flexibility index (Phi) is 3.23. The van der Waals surface area contributed by atoms with Crippen molar-refractivity contribution in [2.45, 2.75) is 19.4 Å². The molecule has 24 heavy (non-hydrogen) atoms. The molecular weight excluding hydrogens is 304 g/mol. The minimum atomic E-state index is -0.830. The van der Waals surface area contributed by atoms with Crippen molar-refractivity contribution in [2.75, 3.05) is 11.4 Å². The van der Waals surface area contributed by atoms with E-state index in [0.717, 1.165) is 22.6 Å². The summed E-state index contributed by atoms with van der Waals surface area (Å²) in [6, 6.07) is 13.6. The van der Waals surface area contributed by atoms with E-state index < -0.39 is 17.9 Å². The lowest BCUT2D eigenvalue weighted by Crippen LogP contribution is -2.49. The SMILES string of the molecule is C[C@H](C(=O)N1CCc2ccccc21)N1C(=O)c2ccccc2C1=O. The number of nitrogens with zero attached hydrogens (tertiary/aromatic N) is 2. The minimum absolute atomic E-state index is 0.227. The molecule has 0 aromatic heterocycles. The third-order valence-corrected chi connectivity index (χ3v) is 4.72. The molecule has 1 atom stereocenters. The molecular formula is C19H16N2O3. The van der Waals surface area contributed by atoms with Gasteiger partial charge in [-0.05, 0) is 37.1 Å². The predicted molar refractivity (Wildman–Crippen MR) is 88.9 cm³/mol. The molecule has 0 bridgehead atoms. The van der Waals surface area contributed by atoms with E-state index >= 15 is 0 Å². The van der Waals surface area contributed by atoms with Crippen LogP contribution in [0.3, 0.4) is 0 Å². The number of para-hydroxylation sites is 1. The fourth-order valence-electron chi connectivity index (χ4n) is 3.46. The van der Waals surface area contributed by atoms with Crippen LogP contribution in [-0.4, -0.2) is 35.2 Å². The van der Waals surface area contributed by atoms with Gasteiger partial charge in [-0.15, -0.1) is 0 Å². The number of carbonyl (C=O) groups is 3. The summed E-state index contributed by atoms with van der Waals surface area (Å²) < 4.78 is 0. The summed E-state index contributed by atoms with van der Waals surface area (Å²) in [4.78, 5) is 40.8. The molecule has 0 radical (unpaired) electrons. The van der Waals surface area contributed by atoms with Crippen molar-refractivity contribution < 1.29 is 14.4 Å². The largest absolute Gasteiger partial charge is 0.310 e. The average Bonchev–Trinajstić information content (AvgIpc) is 3.14. The first-order chi connectivity index (χ1) is 11.6. The predicted octanol–water partition coefficient (Wildman–Crippen LogP) is 2.26. The van der Waals surface area contributed by atoms with E-state index in [9.17, 15) is 14.4 Å². The fraction of sp³-hybridized carbons (Fsp3) is 0.211. The van der Waals surface area contributed by atoms with Gasteiger partial charge in [-0.1, -0.05) is 30.3 Å². The molecule has 0 saturated heterocycles. The third-order valence-electron chi connectivity index (χ3n) is 4.72. The van der Waals surface area contributed by atoms with E-state index in [1.165, 1.54) is 0 Å². The Bertz CT molecular complexity index is 839. The number of hydrogen-bond donors (Lipinski definition) is 0. The maximum atomic E-state index is 12.9. The molecule has 2 aromatic carbocycles. The number of amides is 3. The maximum Gasteiger partial charge on any atom is 0.262 e. The second-order valence-electron chi connectivity index (χ2n) is 6.07. The number of carbonyl (C=O) groups excluding carboxylic acids is 3. The van der Waals surface area contributed by atoms with Crippen LogP contribution in [0.25, 0.3) is 0 Å². The van der Waals surface area contributed by atoms with Crippen LogP contribution in [0.15, 0.2) is 48.5 Å². The molecule has 0 N–H and O–H groups in total. The smallest absolute Gasteiger partial charge is 0.262 e. The lowest BCUT2D eigenvalue weighted by Gasteiger charge is -2.27. The van der Waals surface area contributed by atoms with Crippen LogP contribution in [0.2, 0.25) is 0 Å². The Balaban J connectivity index is 1.64. The number of fused-ring (bicyclic) bond motifs is 2. The van der Waals surface area contributed by atoms with Gasteiger partial charge in [0, 0.05) is 12.2 Å². The monoisotopic (exact) mass is 320 g/mol. The van der Waals surface area contributed by atoms with Crippen LogP contribution < -0.4 is 4.90 Å². The molecule has 5 nitrogen and oxygen atoms in total. The van der Waals surface area contributed by atoms with Gasteiger partial charge in [0.05, 0.1) is 11.1 Å². The van der Waals surface area contributed by atoms with Gasteiger partial charge in [-0.2, -0.15) is 0 Å². The van der Waals surface area contributed by atoms with Gasteiger partial charge < -0.3 is 4.90 Å². The van der Waals surface area contributed by atoms with Gasteiger partial charge >= 0.3 is 0 Å². The Morgan fingerprint density at radius 2 is 1.54 bits per heavy atom. The molecule has 0 unspecified atom stereocenters. The maximum absolute atomic E-state index is 12.9. The van der Waals surface area contributed by atoms with Crippen molar-refractivity contribution in [2.24, 2.45) is 0 Å². The molecule has 0 aliphatic carbocycles. The van der Waals surface area contributed by atoms with E-state index in [-0.39, 0.29) is 5.91 Å². The second kappa shape index (κ2) is 5.30. The third kappa shape index (κ3) is 1.98. The highest BCUT2D eigenvalue weighted by Crippen LogP contribution is 2.30. The van der Waals surface area contributed by atoms with Gasteiger partial charge in [0.15, 0.2) is 0 Å². The molecule has 5 heteroatoms. The highest BCUT2D eigenvalue weighted by molar-refractivity contribution is 6.23. The van der Waals surface area contributed by atoms with Crippen molar-refractivity contribution in [3.63, 3.8) is 0 Å².